The molecular weight excluding hydrogens is 450 g/mol. The average Bonchev–Trinajstić information content (AvgIpc) is 3.30. The van der Waals surface area contributed by atoms with Crippen molar-refractivity contribution in [2.24, 2.45) is 0 Å². The van der Waals surface area contributed by atoms with E-state index in [9.17, 15) is 23.2 Å². The van der Waals surface area contributed by atoms with Crippen LogP contribution in [0.1, 0.15) is 31.1 Å². The maximum Gasteiger partial charge on any atom is 0.387 e. The second kappa shape index (κ2) is 11.1. The number of nitrogen functional groups attached to an aromatic ring is 1. The summed E-state index contributed by atoms with van der Waals surface area (Å²) >= 11 is 0. The van der Waals surface area contributed by atoms with E-state index in [1.807, 2.05) is 6.92 Å². The molecule has 3 aromatic rings. The lowest BCUT2D eigenvalue weighted by Crippen LogP contribution is -2.40. The first kappa shape index (κ1) is 24.5. The van der Waals surface area contributed by atoms with Crippen LogP contribution >= 0.6 is 0 Å². The number of nitrogens with two attached hydrogens (primary N) is 1. The van der Waals surface area contributed by atoms with Crippen molar-refractivity contribution < 1.29 is 22.7 Å². The molecule has 3 rings (SSSR count). The number of furan rings is 1. The van der Waals surface area contributed by atoms with Gasteiger partial charge in [-0.2, -0.15) is 8.78 Å². The molecule has 0 aliphatic heterocycles. The molecule has 0 unspecified atom stereocenters. The van der Waals surface area contributed by atoms with E-state index < -0.39 is 23.8 Å². The van der Waals surface area contributed by atoms with E-state index in [1.165, 1.54) is 35.1 Å². The predicted octanol–water partition coefficient (Wildman–Crippen LogP) is 3.36. The number of H-pyrrole nitrogens is 1. The van der Waals surface area contributed by atoms with Gasteiger partial charge in [-0.1, -0.05) is 31.5 Å². The molecule has 9 nitrogen and oxygen atoms in total. The number of benzene rings is 1. The number of nitrogens with one attached hydrogen (secondary N) is 1. The molecule has 1 amide bonds. The minimum Gasteiger partial charge on any atom is -0.467 e. The van der Waals surface area contributed by atoms with E-state index in [0.29, 0.717) is 12.2 Å². The number of para-hydroxylation sites is 1. The molecule has 180 valence electrons. The van der Waals surface area contributed by atoms with Crippen LogP contribution in [0.5, 0.6) is 5.75 Å². The van der Waals surface area contributed by atoms with Gasteiger partial charge in [-0.05, 0) is 30.7 Å². The first-order valence-corrected chi connectivity index (χ1v) is 10.5. The van der Waals surface area contributed by atoms with Crippen LogP contribution in [0.15, 0.2) is 62.7 Å². The van der Waals surface area contributed by atoms with Gasteiger partial charge >= 0.3 is 12.3 Å². The molecule has 0 saturated heterocycles. The Morgan fingerprint density at radius 2 is 2.03 bits per heavy atom. The molecule has 0 bridgehead atoms. The Hall–Kier alpha value is -4.15. The molecule has 0 saturated carbocycles. The third kappa shape index (κ3) is 5.80. The van der Waals surface area contributed by atoms with Crippen molar-refractivity contribution >= 4 is 23.5 Å². The summed E-state index contributed by atoms with van der Waals surface area (Å²) in [5.41, 5.74) is 4.65. The van der Waals surface area contributed by atoms with Crippen molar-refractivity contribution in [1.29, 1.82) is 0 Å². The number of hydrogen-bond acceptors (Lipinski definition) is 6. The fraction of sp³-hybridized carbons (Fsp3) is 0.261. The van der Waals surface area contributed by atoms with Gasteiger partial charge in [-0.25, -0.2) is 4.79 Å². The number of aromatic nitrogens is 2. The molecule has 0 spiro atoms. The summed E-state index contributed by atoms with van der Waals surface area (Å²) in [5, 5.41) is 0. The number of carbonyl (C=O) groups is 1. The van der Waals surface area contributed by atoms with Crippen molar-refractivity contribution in [1.82, 2.24) is 9.55 Å². The lowest BCUT2D eigenvalue weighted by atomic mass is 10.2. The van der Waals surface area contributed by atoms with Crippen molar-refractivity contribution in [3.63, 3.8) is 0 Å². The third-order valence-corrected chi connectivity index (χ3v) is 4.92. The van der Waals surface area contributed by atoms with Crippen LogP contribution in [0, 0.1) is 0 Å². The fourth-order valence-electron chi connectivity index (χ4n) is 3.27. The summed E-state index contributed by atoms with van der Waals surface area (Å²) in [6.07, 6.45) is 5.19. The highest BCUT2D eigenvalue weighted by molar-refractivity contribution is 6.05. The van der Waals surface area contributed by atoms with Gasteiger partial charge in [-0.3, -0.25) is 24.0 Å². The van der Waals surface area contributed by atoms with E-state index in [1.54, 1.807) is 18.2 Å². The average molecular weight is 474 g/mol. The summed E-state index contributed by atoms with van der Waals surface area (Å²) in [5.74, 6) is -0.629. The van der Waals surface area contributed by atoms with E-state index in [4.69, 9.17) is 10.2 Å². The fourth-order valence-corrected chi connectivity index (χ4v) is 3.27. The largest absolute Gasteiger partial charge is 0.467 e. The lowest BCUT2D eigenvalue weighted by Gasteiger charge is -2.22. The van der Waals surface area contributed by atoms with Gasteiger partial charge in [0.25, 0.3) is 11.5 Å². The van der Waals surface area contributed by atoms with E-state index >= 15 is 0 Å². The molecule has 2 aromatic heterocycles. The van der Waals surface area contributed by atoms with E-state index in [2.05, 4.69) is 9.72 Å². The van der Waals surface area contributed by atoms with Crippen molar-refractivity contribution in [2.75, 3.05) is 10.6 Å². The predicted molar refractivity (Wildman–Crippen MR) is 123 cm³/mol. The molecule has 2 heterocycles. The number of carbonyl (C=O) groups excluding carboxylic acids is 1. The minimum absolute atomic E-state index is 0.121. The van der Waals surface area contributed by atoms with Gasteiger partial charge in [0.15, 0.2) is 5.69 Å². The van der Waals surface area contributed by atoms with Gasteiger partial charge in [-0.15, -0.1) is 0 Å². The molecule has 0 fully saturated rings. The summed E-state index contributed by atoms with van der Waals surface area (Å²) in [6, 6.07) is 9.15. The van der Waals surface area contributed by atoms with Gasteiger partial charge in [0, 0.05) is 18.2 Å². The Labute approximate surface area is 193 Å². The third-order valence-electron chi connectivity index (χ3n) is 4.92. The molecular formula is C23H24F2N4O5. The van der Waals surface area contributed by atoms with Crippen LogP contribution in [0.4, 0.5) is 20.3 Å². The zero-order chi connectivity index (χ0) is 24.7. The molecule has 0 atom stereocenters. The smallest absolute Gasteiger partial charge is 0.387 e. The van der Waals surface area contributed by atoms with Crippen LogP contribution in [0.3, 0.4) is 0 Å². The normalized spacial score (nSPS) is 11.3. The van der Waals surface area contributed by atoms with Gasteiger partial charge in [0.05, 0.1) is 12.8 Å². The molecule has 34 heavy (non-hydrogen) atoms. The van der Waals surface area contributed by atoms with Crippen molar-refractivity contribution in [3.8, 4) is 5.75 Å². The summed E-state index contributed by atoms with van der Waals surface area (Å²) < 4.78 is 36.4. The summed E-state index contributed by atoms with van der Waals surface area (Å²) in [4.78, 5) is 41.4. The molecule has 0 aliphatic rings. The van der Waals surface area contributed by atoms with Crippen LogP contribution in [-0.4, -0.2) is 22.1 Å². The van der Waals surface area contributed by atoms with Crippen LogP contribution in [0.2, 0.25) is 0 Å². The number of unbranched alkanes of at least 4 members (excludes halogenated alkanes) is 1. The Balaban J connectivity index is 2.03. The second-order valence-corrected chi connectivity index (χ2v) is 7.25. The zero-order valence-electron chi connectivity index (χ0n) is 18.4. The number of halogens is 2. The number of anilines is 2. The maximum atomic E-state index is 13.2. The number of alkyl halides is 2. The zero-order valence-corrected chi connectivity index (χ0v) is 18.4. The summed E-state index contributed by atoms with van der Waals surface area (Å²) in [7, 11) is 0. The summed E-state index contributed by atoms with van der Waals surface area (Å²) in [6.45, 7) is -1.02. The number of rotatable bonds is 10. The van der Waals surface area contributed by atoms with Crippen molar-refractivity contribution in [3.05, 3.63) is 80.9 Å². The highest BCUT2D eigenvalue weighted by Crippen LogP contribution is 2.24. The first-order chi connectivity index (χ1) is 16.3. The number of amides is 1. The second-order valence-electron chi connectivity index (χ2n) is 7.25. The Morgan fingerprint density at radius 3 is 2.71 bits per heavy atom. The highest BCUT2D eigenvalue weighted by atomic mass is 19.3. The molecule has 11 heteroatoms. The number of hydrogen-bond donors (Lipinski definition) is 2. The van der Waals surface area contributed by atoms with Gasteiger partial charge in [0.1, 0.15) is 17.3 Å². The Kier molecular flexibility index (Phi) is 8.01. The first-order valence-electron chi connectivity index (χ1n) is 10.5. The standard InChI is InChI=1S/C23H24F2N4O5/c1-2-3-12-28-20(26)19(21(31)27-23(28)32)29(14-16-8-6-13-33-16)18(30)11-10-15-7-4-5-9-17(15)34-22(24)25/h4-11,13,22H,2-3,12,14,26H2,1H3,(H,27,31,32)/b11-10+. The molecule has 0 aliphatic carbocycles. The maximum absolute atomic E-state index is 13.2. The quantitative estimate of drug-likeness (QED) is 0.435. The number of nitrogens with zero attached hydrogens (tertiary/aromatic N) is 2. The number of aromatic amines is 1. The van der Waals surface area contributed by atoms with Crippen molar-refractivity contribution in [2.45, 2.75) is 39.5 Å². The molecule has 1 aromatic carbocycles. The number of ether oxygens (including phenoxy) is 1. The Bertz CT molecular complexity index is 1270. The van der Waals surface area contributed by atoms with Crippen LogP contribution in [-0.2, 0) is 17.9 Å². The minimum atomic E-state index is -3.04. The molecule has 0 radical (unpaired) electrons. The van der Waals surface area contributed by atoms with Crippen LogP contribution < -0.4 is 26.6 Å². The molecule has 3 N–H and O–H groups in total. The van der Waals surface area contributed by atoms with Crippen LogP contribution in [0.25, 0.3) is 6.08 Å². The van der Waals surface area contributed by atoms with E-state index in [-0.39, 0.29) is 35.9 Å². The van der Waals surface area contributed by atoms with Gasteiger partial charge in [0.2, 0.25) is 0 Å². The highest BCUT2D eigenvalue weighted by Gasteiger charge is 2.24. The SMILES string of the molecule is CCCCn1c(N)c(N(Cc2ccco2)C(=O)/C=C/c2ccccc2OC(F)F)c(=O)[nH]c1=O. The monoisotopic (exact) mass is 474 g/mol. The van der Waals surface area contributed by atoms with Gasteiger partial charge < -0.3 is 14.9 Å². The topological polar surface area (TPSA) is 124 Å². The van der Waals surface area contributed by atoms with E-state index in [0.717, 1.165) is 17.4 Å². The Morgan fingerprint density at radius 1 is 1.26 bits per heavy atom. The lowest BCUT2D eigenvalue weighted by molar-refractivity contribution is -0.114.